The van der Waals surface area contributed by atoms with Crippen molar-refractivity contribution in [3.05, 3.63) is 59.3 Å². The third-order valence-electron chi connectivity index (χ3n) is 6.16. The van der Waals surface area contributed by atoms with Crippen molar-refractivity contribution in [1.82, 2.24) is 9.97 Å². The van der Waals surface area contributed by atoms with Gasteiger partial charge in [0.1, 0.15) is 11.3 Å². The van der Waals surface area contributed by atoms with Crippen molar-refractivity contribution in [2.45, 2.75) is 52.4 Å². The van der Waals surface area contributed by atoms with E-state index in [9.17, 15) is 0 Å². The lowest BCUT2D eigenvalue weighted by molar-refractivity contribution is 0.419. The summed E-state index contributed by atoms with van der Waals surface area (Å²) >= 11 is 0. The molecule has 162 valence electrons. The Morgan fingerprint density at radius 2 is 1.84 bits per heavy atom. The SMILES string of the molecule is CCCCc1cccc2c(CCCCN)c(-c3ccc(OC)c4nc(C)ccc34)[nH]c12. The van der Waals surface area contributed by atoms with Gasteiger partial charge in [-0.25, -0.2) is 4.98 Å². The molecule has 0 saturated carbocycles. The summed E-state index contributed by atoms with van der Waals surface area (Å²) in [5, 5.41) is 2.45. The quantitative estimate of drug-likeness (QED) is 0.314. The Morgan fingerprint density at radius 1 is 0.968 bits per heavy atom. The third kappa shape index (κ3) is 4.17. The molecule has 4 rings (SSSR count). The molecule has 0 aliphatic rings. The van der Waals surface area contributed by atoms with Gasteiger partial charge in [-0.15, -0.1) is 0 Å². The Bertz CT molecular complexity index is 1190. The number of fused-ring (bicyclic) bond motifs is 2. The second kappa shape index (κ2) is 9.52. The standard InChI is InChI=1S/C27H33N3O/c1-4-5-9-19-10-8-12-20-21(11-6-7-17-28)26(30-25(19)20)22-15-16-24(31-3)27-23(22)14-13-18(2)29-27/h8,10,12-16,30H,4-7,9,11,17,28H2,1-3H3. The van der Waals surface area contributed by atoms with E-state index in [4.69, 9.17) is 15.5 Å². The first-order valence-corrected chi connectivity index (χ1v) is 11.4. The number of hydrogen-bond donors (Lipinski definition) is 2. The fourth-order valence-electron chi connectivity index (χ4n) is 4.52. The number of aryl methyl sites for hydroxylation is 3. The van der Waals surface area contributed by atoms with Crippen molar-refractivity contribution in [3.8, 4) is 17.0 Å². The van der Waals surface area contributed by atoms with Crippen LogP contribution in [0.2, 0.25) is 0 Å². The average molecular weight is 416 g/mol. The lowest BCUT2D eigenvalue weighted by atomic mass is 9.96. The molecule has 3 N–H and O–H groups in total. The fourth-order valence-corrected chi connectivity index (χ4v) is 4.52. The summed E-state index contributed by atoms with van der Waals surface area (Å²) in [5.41, 5.74) is 14.2. The zero-order valence-corrected chi connectivity index (χ0v) is 18.9. The smallest absolute Gasteiger partial charge is 0.145 e. The van der Waals surface area contributed by atoms with Crippen LogP contribution < -0.4 is 10.5 Å². The van der Waals surface area contributed by atoms with Crippen LogP contribution >= 0.6 is 0 Å². The van der Waals surface area contributed by atoms with Gasteiger partial charge in [-0.05, 0) is 74.9 Å². The molecule has 0 atom stereocenters. The van der Waals surface area contributed by atoms with Crippen LogP contribution in [0.5, 0.6) is 5.75 Å². The number of hydrogen-bond acceptors (Lipinski definition) is 3. The maximum Gasteiger partial charge on any atom is 0.145 e. The number of methoxy groups -OCH3 is 1. The van der Waals surface area contributed by atoms with Crippen molar-refractivity contribution < 1.29 is 4.74 Å². The first-order valence-electron chi connectivity index (χ1n) is 11.4. The molecule has 4 heteroatoms. The molecule has 0 unspecified atom stereocenters. The first-order chi connectivity index (χ1) is 15.2. The summed E-state index contributed by atoms with van der Waals surface area (Å²) in [6, 6.07) is 15.2. The van der Waals surface area contributed by atoms with Gasteiger partial charge in [-0.2, -0.15) is 0 Å². The van der Waals surface area contributed by atoms with Gasteiger partial charge < -0.3 is 15.5 Å². The number of nitrogens with zero attached hydrogens (tertiary/aromatic N) is 1. The van der Waals surface area contributed by atoms with Crippen molar-refractivity contribution in [1.29, 1.82) is 0 Å². The number of nitrogens with two attached hydrogens (primary N) is 1. The average Bonchev–Trinajstić information content (AvgIpc) is 3.16. The number of rotatable bonds is 9. The highest BCUT2D eigenvalue weighted by atomic mass is 16.5. The van der Waals surface area contributed by atoms with E-state index in [1.54, 1.807) is 7.11 Å². The highest BCUT2D eigenvalue weighted by Gasteiger charge is 2.18. The Hall–Kier alpha value is -2.85. The Kier molecular flexibility index (Phi) is 6.57. The van der Waals surface area contributed by atoms with Crippen molar-refractivity contribution in [2.75, 3.05) is 13.7 Å². The van der Waals surface area contributed by atoms with Gasteiger partial charge in [0.05, 0.1) is 12.8 Å². The number of unbranched alkanes of at least 4 members (excludes halogenated alkanes) is 2. The summed E-state index contributed by atoms with van der Waals surface area (Å²) in [4.78, 5) is 8.62. The van der Waals surface area contributed by atoms with Gasteiger partial charge in [-0.1, -0.05) is 37.6 Å². The molecule has 0 saturated heterocycles. The highest BCUT2D eigenvalue weighted by Crippen LogP contribution is 2.39. The molecule has 0 spiro atoms. The maximum absolute atomic E-state index is 5.80. The van der Waals surface area contributed by atoms with E-state index >= 15 is 0 Å². The van der Waals surface area contributed by atoms with Crippen molar-refractivity contribution >= 4 is 21.8 Å². The van der Waals surface area contributed by atoms with Crippen molar-refractivity contribution in [2.24, 2.45) is 5.73 Å². The first kappa shape index (κ1) is 21.4. The predicted octanol–water partition coefficient (Wildman–Crippen LogP) is 6.32. The zero-order valence-electron chi connectivity index (χ0n) is 18.9. The van der Waals surface area contributed by atoms with Gasteiger partial charge in [0.2, 0.25) is 0 Å². The Labute approximate surface area is 184 Å². The third-order valence-corrected chi connectivity index (χ3v) is 6.16. The fraction of sp³-hybridized carbons (Fsp3) is 0.370. The number of aromatic nitrogens is 2. The van der Waals surface area contributed by atoms with E-state index in [0.29, 0.717) is 0 Å². The molecule has 0 fully saturated rings. The lowest BCUT2D eigenvalue weighted by Crippen LogP contribution is -1.99. The Balaban J connectivity index is 1.95. The summed E-state index contributed by atoms with van der Waals surface area (Å²) in [7, 11) is 1.71. The molecule has 4 aromatic rings. The lowest BCUT2D eigenvalue weighted by Gasteiger charge is -2.12. The minimum absolute atomic E-state index is 0.730. The number of para-hydroxylation sites is 1. The van der Waals surface area contributed by atoms with Gasteiger partial charge in [-0.3, -0.25) is 0 Å². The molecule has 2 aromatic heterocycles. The van der Waals surface area contributed by atoms with Gasteiger partial charge in [0, 0.05) is 27.5 Å². The van der Waals surface area contributed by atoms with Crippen LogP contribution in [-0.2, 0) is 12.8 Å². The second-order valence-electron chi connectivity index (χ2n) is 8.33. The van der Waals surface area contributed by atoms with E-state index in [1.807, 2.05) is 13.0 Å². The van der Waals surface area contributed by atoms with E-state index in [-0.39, 0.29) is 0 Å². The molecule has 2 heterocycles. The predicted molar refractivity (Wildman–Crippen MR) is 131 cm³/mol. The van der Waals surface area contributed by atoms with Gasteiger partial charge >= 0.3 is 0 Å². The molecular formula is C27H33N3O. The van der Waals surface area contributed by atoms with Crippen LogP contribution in [0.15, 0.2) is 42.5 Å². The second-order valence-corrected chi connectivity index (χ2v) is 8.33. The van der Waals surface area contributed by atoms with E-state index < -0.39 is 0 Å². The van der Waals surface area contributed by atoms with Crippen LogP contribution in [0.4, 0.5) is 0 Å². The molecule has 0 aliphatic heterocycles. The van der Waals surface area contributed by atoms with Gasteiger partial charge in [0.15, 0.2) is 0 Å². The minimum Gasteiger partial charge on any atom is -0.494 e. The van der Waals surface area contributed by atoms with Gasteiger partial charge in [0.25, 0.3) is 0 Å². The summed E-state index contributed by atoms with van der Waals surface area (Å²) < 4.78 is 5.62. The summed E-state index contributed by atoms with van der Waals surface area (Å²) in [6.07, 6.45) is 6.62. The number of ether oxygens (including phenoxy) is 1. The number of H-pyrrole nitrogens is 1. The van der Waals surface area contributed by atoms with Crippen LogP contribution in [0, 0.1) is 6.92 Å². The summed E-state index contributed by atoms with van der Waals surface area (Å²) in [6.45, 7) is 5.00. The van der Waals surface area contributed by atoms with E-state index in [1.165, 1.54) is 46.1 Å². The molecular weight excluding hydrogens is 382 g/mol. The van der Waals surface area contributed by atoms with Crippen LogP contribution in [0.3, 0.4) is 0 Å². The van der Waals surface area contributed by atoms with E-state index in [2.05, 4.69) is 48.3 Å². The van der Waals surface area contributed by atoms with E-state index in [0.717, 1.165) is 54.6 Å². The largest absolute Gasteiger partial charge is 0.494 e. The number of nitrogens with one attached hydrogen (secondary N) is 1. The monoisotopic (exact) mass is 415 g/mol. The molecule has 0 radical (unpaired) electrons. The Morgan fingerprint density at radius 3 is 2.61 bits per heavy atom. The highest BCUT2D eigenvalue weighted by molar-refractivity contribution is 6.02. The normalized spacial score (nSPS) is 11.5. The van der Waals surface area contributed by atoms with Crippen LogP contribution in [-0.4, -0.2) is 23.6 Å². The molecule has 0 aliphatic carbocycles. The van der Waals surface area contributed by atoms with Crippen molar-refractivity contribution in [3.63, 3.8) is 0 Å². The maximum atomic E-state index is 5.80. The minimum atomic E-state index is 0.730. The topological polar surface area (TPSA) is 63.9 Å². The number of pyridine rings is 1. The molecule has 0 amide bonds. The molecule has 0 bridgehead atoms. The molecule has 31 heavy (non-hydrogen) atoms. The zero-order chi connectivity index (χ0) is 21.8. The van der Waals surface area contributed by atoms with Crippen LogP contribution in [0.25, 0.3) is 33.1 Å². The number of benzene rings is 2. The van der Waals surface area contributed by atoms with Crippen LogP contribution in [0.1, 0.15) is 49.4 Å². The number of aromatic amines is 1. The molecule has 2 aromatic carbocycles. The summed E-state index contributed by atoms with van der Waals surface area (Å²) in [5.74, 6) is 0.812. The molecule has 4 nitrogen and oxygen atoms in total.